The van der Waals surface area contributed by atoms with E-state index in [9.17, 15) is 9.90 Å². The maximum absolute atomic E-state index is 12.1. The molecule has 0 bridgehead atoms. The van der Waals surface area contributed by atoms with Crippen molar-refractivity contribution in [1.29, 1.82) is 0 Å². The van der Waals surface area contributed by atoms with Crippen LogP contribution in [0.3, 0.4) is 0 Å². The van der Waals surface area contributed by atoms with Crippen molar-refractivity contribution in [2.75, 3.05) is 10.6 Å². The van der Waals surface area contributed by atoms with Gasteiger partial charge in [0.1, 0.15) is 5.82 Å². The SMILES string of the molecule is CCc1nc(C(N)=O)c(Nc2ccc3ccccc3c2)nc1N[C@H]1CC[C@H](O)CC1. The molecule has 4 rings (SSSR count). The highest BCUT2D eigenvalue weighted by atomic mass is 16.3. The molecule has 156 valence electrons. The monoisotopic (exact) mass is 405 g/mol. The van der Waals surface area contributed by atoms with E-state index in [0.717, 1.165) is 42.1 Å². The molecule has 1 aliphatic carbocycles. The maximum atomic E-state index is 12.1. The van der Waals surface area contributed by atoms with Gasteiger partial charge in [0.2, 0.25) is 0 Å². The lowest BCUT2D eigenvalue weighted by Gasteiger charge is -2.27. The van der Waals surface area contributed by atoms with Gasteiger partial charge in [-0.05, 0) is 55.0 Å². The Morgan fingerprint density at radius 1 is 1.07 bits per heavy atom. The quantitative estimate of drug-likeness (QED) is 0.497. The van der Waals surface area contributed by atoms with Crippen molar-refractivity contribution in [3.8, 4) is 0 Å². The number of aliphatic hydroxyl groups excluding tert-OH is 1. The fourth-order valence-corrected chi connectivity index (χ4v) is 3.91. The van der Waals surface area contributed by atoms with Crippen LogP contribution >= 0.6 is 0 Å². The average Bonchev–Trinajstić information content (AvgIpc) is 2.75. The molecule has 7 nitrogen and oxygen atoms in total. The molecule has 1 fully saturated rings. The summed E-state index contributed by atoms with van der Waals surface area (Å²) in [4.78, 5) is 21.3. The third-order valence-corrected chi connectivity index (χ3v) is 5.59. The summed E-state index contributed by atoms with van der Waals surface area (Å²) in [5.74, 6) is 0.383. The Morgan fingerprint density at radius 3 is 2.50 bits per heavy atom. The molecular formula is C23H27N5O2. The number of nitrogens with zero attached hydrogens (tertiary/aromatic N) is 2. The Bertz CT molecular complexity index is 1060. The lowest BCUT2D eigenvalue weighted by Crippen LogP contribution is -2.29. The number of carbonyl (C=O) groups excluding carboxylic acids is 1. The fourth-order valence-electron chi connectivity index (χ4n) is 3.91. The molecule has 2 aromatic carbocycles. The van der Waals surface area contributed by atoms with Gasteiger partial charge < -0.3 is 21.5 Å². The van der Waals surface area contributed by atoms with Gasteiger partial charge in [-0.2, -0.15) is 0 Å². The summed E-state index contributed by atoms with van der Waals surface area (Å²) in [6.45, 7) is 1.97. The Balaban J connectivity index is 1.66. The highest BCUT2D eigenvalue weighted by molar-refractivity contribution is 5.97. The molecule has 7 heteroatoms. The lowest BCUT2D eigenvalue weighted by molar-refractivity contribution is 0.0996. The second-order valence-electron chi connectivity index (χ2n) is 7.77. The second-order valence-corrected chi connectivity index (χ2v) is 7.77. The van der Waals surface area contributed by atoms with Crippen molar-refractivity contribution in [2.24, 2.45) is 5.73 Å². The number of anilines is 3. The van der Waals surface area contributed by atoms with Crippen LogP contribution in [0.1, 0.15) is 48.8 Å². The van der Waals surface area contributed by atoms with Gasteiger partial charge in [-0.1, -0.05) is 37.3 Å². The van der Waals surface area contributed by atoms with E-state index in [0.29, 0.717) is 23.8 Å². The first kappa shape index (κ1) is 20.1. The normalized spacial score (nSPS) is 18.9. The van der Waals surface area contributed by atoms with Crippen LogP contribution in [0.5, 0.6) is 0 Å². The molecule has 1 heterocycles. The summed E-state index contributed by atoms with van der Waals surface area (Å²) >= 11 is 0. The molecule has 1 aromatic heterocycles. The third-order valence-electron chi connectivity index (χ3n) is 5.59. The van der Waals surface area contributed by atoms with Crippen molar-refractivity contribution >= 4 is 34.0 Å². The lowest BCUT2D eigenvalue weighted by atomic mass is 9.93. The molecule has 1 amide bonds. The Morgan fingerprint density at radius 2 is 1.80 bits per heavy atom. The fraction of sp³-hybridized carbons (Fsp3) is 0.348. The summed E-state index contributed by atoms with van der Waals surface area (Å²) < 4.78 is 0. The molecule has 1 saturated carbocycles. The van der Waals surface area contributed by atoms with Crippen molar-refractivity contribution in [3.63, 3.8) is 0 Å². The number of nitrogens with one attached hydrogen (secondary N) is 2. The molecule has 5 N–H and O–H groups in total. The largest absolute Gasteiger partial charge is 0.393 e. The number of fused-ring (bicyclic) bond motifs is 1. The van der Waals surface area contributed by atoms with E-state index >= 15 is 0 Å². The molecule has 0 spiro atoms. The van der Waals surface area contributed by atoms with E-state index < -0.39 is 5.91 Å². The Labute approximate surface area is 175 Å². The molecule has 0 unspecified atom stereocenters. The number of rotatable bonds is 6. The minimum absolute atomic E-state index is 0.129. The molecule has 0 radical (unpaired) electrons. The number of carbonyl (C=O) groups is 1. The van der Waals surface area contributed by atoms with Gasteiger partial charge in [-0.3, -0.25) is 4.79 Å². The number of aryl methyl sites for hydroxylation is 1. The number of aliphatic hydroxyl groups is 1. The predicted octanol–water partition coefficient (Wildman–Crippen LogP) is 3.75. The number of nitrogens with two attached hydrogens (primary N) is 1. The summed E-state index contributed by atoms with van der Waals surface area (Å²) in [6, 6.07) is 14.3. The van der Waals surface area contributed by atoms with E-state index in [2.05, 4.69) is 15.6 Å². The third kappa shape index (κ3) is 4.36. The smallest absolute Gasteiger partial charge is 0.271 e. The van der Waals surface area contributed by atoms with E-state index in [1.54, 1.807) is 0 Å². The summed E-state index contributed by atoms with van der Waals surface area (Å²) in [5, 5.41) is 18.7. The maximum Gasteiger partial charge on any atom is 0.271 e. The van der Waals surface area contributed by atoms with Gasteiger partial charge in [-0.15, -0.1) is 0 Å². The number of hydrogen-bond donors (Lipinski definition) is 4. The van der Waals surface area contributed by atoms with E-state index in [-0.39, 0.29) is 17.8 Å². The van der Waals surface area contributed by atoms with Crippen molar-refractivity contribution < 1.29 is 9.90 Å². The van der Waals surface area contributed by atoms with Crippen molar-refractivity contribution in [3.05, 3.63) is 53.9 Å². The topological polar surface area (TPSA) is 113 Å². The summed E-state index contributed by atoms with van der Waals surface area (Å²) in [7, 11) is 0. The number of hydrogen-bond acceptors (Lipinski definition) is 6. The zero-order valence-electron chi connectivity index (χ0n) is 17.1. The van der Waals surface area contributed by atoms with Gasteiger partial charge in [0.05, 0.1) is 11.8 Å². The highest BCUT2D eigenvalue weighted by Crippen LogP contribution is 2.27. The van der Waals surface area contributed by atoms with Crippen LogP contribution in [0.2, 0.25) is 0 Å². The average molecular weight is 406 g/mol. The van der Waals surface area contributed by atoms with Crippen molar-refractivity contribution in [2.45, 2.75) is 51.2 Å². The first-order chi connectivity index (χ1) is 14.5. The van der Waals surface area contributed by atoms with E-state index in [1.807, 2.05) is 49.4 Å². The zero-order chi connectivity index (χ0) is 21.1. The van der Waals surface area contributed by atoms with Crippen LogP contribution in [0.4, 0.5) is 17.3 Å². The van der Waals surface area contributed by atoms with Crippen molar-refractivity contribution in [1.82, 2.24) is 9.97 Å². The van der Waals surface area contributed by atoms with E-state index in [4.69, 9.17) is 10.7 Å². The molecule has 0 atom stereocenters. The molecule has 0 aliphatic heterocycles. The minimum atomic E-state index is -0.618. The highest BCUT2D eigenvalue weighted by Gasteiger charge is 2.23. The van der Waals surface area contributed by atoms with Crippen LogP contribution in [-0.4, -0.2) is 33.1 Å². The van der Waals surface area contributed by atoms with Crippen LogP contribution in [0, 0.1) is 0 Å². The Kier molecular flexibility index (Phi) is 5.81. The standard InChI is InChI=1S/C23H27N5O2/c1-2-19-22(25-16-9-11-18(29)12-10-16)28-23(20(27-19)21(24)30)26-17-8-7-14-5-3-4-6-15(14)13-17/h3-8,13,16,18,29H,2,9-12H2,1H3,(H2,24,30)(H2,25,26,28)/t16-,18-. The second kappa shape index (κ2) is 8.67. The van der Waals surface area contributed by atoms with Crippen LogP contribution < -0.4 is 16.4 Å². The number of amides is 1. The predicted molar refractivity (Wildman–Crippen MR) is 119 cm³/mol. The minimum Gasteiger partial charge on any atom is -0.393 e. The Hall–Kier alpha value is -3.19. The van der Waals surface area contributed by atoms with Gasteiger partial charge in [0.25, 0.3) is 5.91 Å². The molecule has 30 heavy (non-hydrogen) atoms. The van der Waals surface area contributed by atoms with Gasteiger partial charge in [0, 0.05) is 11.7 Å². The number of aromatic nitrogens is 2. The molecule has 3 aromatic rings. The van der Waals surface area contributed by atoms with Gasteiger partial charge >= 0.3 is 0 Å². The summed E-state index contributed by atoms with van der Waals surface area (Å²) in [6.07, 6.45) is 3.69. The number of benzene rings is 2. The molecular weight excluding hydrogens is 378 g/mol. The molecule has 0 saturated heterocycles. The van der Waals surface area contributed by atoms with E-state index in [1.165, 1.54) is 0 Å². The summed E-state index contributed by atoms with van der Waals surface area (Å²) in [5.41, 5.74) is 7.25. The van der Waals surface area contributed by atoms with Gasteiger partial charge in [-0.25, -0.2) is 9.97 Å². The number of primary amides is 1. The van der Waals surface area contributed by atoms with Crippen LogP contribution in [0.25, 0.3) is 10.8 Å². The van der Waals surface area contributed by atoms with Crippen LogP contribution in [-0.2, 0) is 6.42 Å². The zero-order valence-corrected chi connectivity index (χ0v) is 17.1. The first-order valence-corrected chi connectivity index (χ1v) is 10.4. The first-order valence-electron chi connectivity index (χ1n) is 10.4. The van der Waals surface area contributed by atoms with Gasteiger partial charge in [0.15, 0.2) is 11.5 Å². The molecule has 1 aliphatic rings. The van der Waals surface area contributed by atoms with Crippen LogP contribution in [0.15, 0.2) is 42.5 Å².